The first-order chi connectivity index (χ1) is 9.24. The van der Waals surface area contributed by atoms with Crippen LogP contribution in [0.5, 0.6) is 11.5 Å². The molecule has 5 nitrogen and oxygen atoms in total. The molecule has 2 heterocycles. The van der Waals surface area contributed by atoms with E-state index in [0.29, 0.717) is 18.5 Å². The molecule has 2 aromatic rings. The Hall–Kier alpha value is -1.75. The molecule has 0 bridgehead atoms. The van der Waals surface area contributed by atoms with Crippen molar-refractivity contribution in [2.24, 2.45) is 0 Å². The van der Waals surface area contributed by atoms with Crippen molar-refractivity contribution in [3.05, 3.63) is 34.9 Å². The SMILES string of the molecule is Cc1nnc(Cl)n1CCc1ccc2c(c1)OCCO2. The molecule has 0 aliphatic carbocycles. The highest BCUT2D eigenvalue weighted by atomic mass is 35.5. The third kappa shape index (κ3) is 2.51. The topological polar surface area (TPSA) is 49.2 Å². The normalized spacial score (nSPS) is 13.6. The maximum Gasteiger partial charge on any atom is 0.225 e. The molecule has 1 aliphatic rings. The quantitative estimate of drug-likeness (QED) is 0.865. The summed E-state index contributed by atoms with van der Waals surface area (Å²) < 4.78 is 12.9. The number of hydrogen-bond acceptors (Lipinski definition) is 4. The third-order valence-corrected chi connectivity index (χ3v) is 3.40. The first-order valence-electron chi connectivity index (χ1n) is 6.18. The van der Waals surface area contributed by atoms with Crippen molar-refractivity contribution in [3.63, 3.8) is 0 Å². The van der Waals surface area contributed by atoms with E-state index >= 15 is 0 Å². The Morgan fingerprint density at radius 1 is 1.21 bits per heavy atom. The summed E-state index contributed by atoms with van der Waals surface area (Å²) in [4.78, 5) is 0. The van der Waals surface area contributed by atoms with Crippen molar-refractivity contribution < 1.29 is 9.47 Å². The van der Waals surface area contributed by atoms with E-state index in [9.17, 15) is 0 Å². The van der Waals surface area contributed by atoms with Crippen LogP contribution < -0.4 is 9.47 Å². The predicted molar refractivity (Wildman–Crippen MR) is 70.9 cm³/mol. The molecule has 19 heavy (non-hydrogen) atoms. The molecular formula is C13H14ClN3O2. The lowest BCUT2D eigenvalue weighted by Gasteiger charge is -2.19. The van der Waals surface area contributed by atoms with Crippen molar-refractivity contribution in [1.29, 1.82) is 0 Å². The van der Waals surface area contributed by atoms with Crippen molar-refractivity contribution in [2.45, 2.75) is 19.9 Å². The van der Waals surface area contributed by atoms with Gasteiger partial charge in [0.05, 0.1) is 0 Å². The van der Waals surface area contributed by atoms with Gasteiger partial charge in [-0.1, -0.05) is 6.07 Å². The van der Waals surface area contributed by atoms with Crippen LogP contribution in [0.3, 0.4) is 0 Å². The largest absolute Gasteiger partial charge is 0.486 e. The molecule has 0 saturated carbocycles. The van der Waals surface area contributed by atoms with E-state index in [4.69, 9.17) is 21.1 Å². The van der Waals surface area contributed by atoms with Crippen LogP contribution in [0.4, 0.5) is 0 Å². The Balaban J connectivity index is 1.74. The second-order valence-corrected chi connectivity index (χ2v) is 4.73. The van der Waals surface area contributed by atoms with Gasteiger partial charge in [0, 0.05) is 6.54 Å². The molecule has 0 spiro atoms. The van der Waals surface area contributed by atoms with E-state index in [1.165, 1.54) is 5.56 Å². The summed E-state index contributed by atoms with van der Waals surface area (Å²) in [6.07, 6.45) is 0.842. The molecule has 0 saturated heterocycles. The number of ether oxygens (including phenoxy) is 2. The Morgan fingerprint density at radius 2 is 2.00 bits per heavy atom. The van der Waals surface area contributed by atoms with Gasteiger partial charge >= 0.3 is 0 Å². The summed E-state index contributed by atoms with van der Waals surface area (Å²) in [5.41, 5.74) is 1.17. The van der Waals surface area contributed by atoms with E-state index in [0.717, 1.165) is 30.3 Å². The third-order valence-electron chi connectivity index (χ3n) is 3.12. The van der Waals surface area contributed by atoms with Gasteiger partial charge in [0.15, 0.2) is 11.5 Å². The van der Waals surface area contributed by atoms with Gasteiger partial charge in [0.25, 0.3) is 0 Å². The lowest BCUT2D eigenvalue weighted by atomic mass is 10.1. The summed E-state index contributed by atoms with van der Waals surface area (Å²) in [5, 5.41) is 8.19. The first kappa shape index (κ1) is 12.3. The number of halogens is 1. The summed E-state index contributed by atoms with van der Waals surface area (Å²) in [6.45, 7) is 3.86. The van der Waals surface area contributed by atoms with Gasteiger partial charge < -0.3 is 14.0 Å². The molecule has 0 N–H and O–H groups in total. The Bertz CT molecular complexity index is 578. The molecule has 1 aromatic carbocycles. The fourth-order valence-electron chi connectivity index (χ4n) is 2.09. The van der Waals surface area contributed by atoms with E-state index in [1.54, 1.807) is 0 Å². The highest BCUT2D eigenvalue weighted by Gasteiger charge is 2.12. The molecule has 0 radical (unpaired) electrons. The van der Waals surface area contributed by atoms with Crippen LogP contribution >= 0.6 is 11.6 Å². The van der Waals surface area contributed by atoms with Crippen molar-refractivity contribution >= 4 is 11.6 Å². The predicted octanol–water partition coefficient (Wildman–Crippen LogP) is 2.25. The monoisotopic (exact) mass is 279 g/mol. The lowest BCUT2D eigenvalue weighted by Crippen LogP contribution is -2.15. The van der Waals surface area contributed by atoms with Gasteiger partial charge in [-0.15, -0.1) is 10.2 Å². The summed E-state index contributed by atoms with van der Waals surface area (Å²) in [7, 11) is 0. The number of fused-ring (bicyclic) bond motifs is 1. The maximum absolute atomic E-state index is 5.97. The number of nitrogens with zero attached hydrogens (tertiary/aromatic N) is 3. The number of rotatable bonds is 3. The molecule has 0 fully saturated rings. The van der Waals surface area contributed by atoms with Gasteiger partial charge in [-0.2, -0.15) is 0 Å². The molecule has 100 valence electrons. The summed E-state index contributed by atoms with van der Waals surface area (Å²) in [6, 6.07) is 6.01. The van der Waals surface area contributed by atoms with Gasteiger partial charge in [0.2, 0.25) is 5.28 Å². The molecule has 1 aromatic heterocycles. The average molecular weight is 280 g/mol. The van der Waals surface area contributed by atoms with Crippen LogP contribution in [-0.4, -0.2) is 28.0 Å². The van der Waals surface area contributed by atoms with Crippen LogP contribution in [0.1, 0.15) is 11.4 Å². The van der Waals surface area contributed by atoms with Gasteiger partial charge in [0.1, 0.15) is 19.0 Å². The zero-order valence-electron chi connectivity index (χ0n) is 10.6. The zero-order valence-corrected chi connectivity index (χ0v) is 11.4. The molecule has 0 atom stereocenters. The first-order valence-corrected chi connectivity index (χ1v) is 6.55. The molecule has 0 unspecified atom stereocenters. The molecule has 0 amide bonds. The highest BCUT2D eigenvalue weighted by Crippen LogP contribution is 2.31. The Morgan fingerprint density at radius 3 is 2.74 bits per heavy atom. The second kappa shape index (κ2) is 5.09. The van der Waals surface area contributed by atoms with Crippen LogP contribution in [0, 0.1) is 6.92 Å². The standard InChI is InChI=1S/C13H14ClN3O2/c1-9-15-16-13(14)17(9)5-4-10-2-3-11-12(8-10)19-7-6-18-11/h2-3,8H,4-7H2,1H3. The van der Waals surface area contributed by atoms with Crippen molar-refractivity contribution in [2.75, 3.05) is 13.2 Å². The minimum atomic E-state index is 0.426. The minimum Gasteiger partial charge on any atom is -0.486 e. The fourth-order valence-corrected chi connectivity index (χ4v) is 2.34. The van der Waals surface area contributed by atoms with Gasteiger partial charge in [-0.05, 0) is 42.6 Å². The van der Waals surface area contributed by atoms with Crippen LogP contribution in [-0.2, 0) is 13.0 Å². The number of aromatic nitrogens is 3. The minimum absolute atomic E-state index is 0.426. The van der Waals surface area contributed by atoms with E-state index < -0.39 is 0 Å². The maximum atomic E-state index is 5.97. The van der Waals surface area contributed by atoms with Crippen molar-refractivity contribution in [1.82, 2.24) is 14.8 Å². The number of benzene rings is 1. The summed E-state index contributed by atoms with van der Waals surface area (Å²) in [5.74, 6) is 2.45. The number of hydrogen-bond donors (Lipinski definition) is 0. The molecule has 3 rings (SSSR count). The molecular weight excluding hydrogens is 266 g/mol. The van der Waals surface area contributed by atoms with E-state index in [1.807, 2.05) is 29.7 Å². The van der Waals surface area contributed by atoms with E-state index in [2.05, 4.69) is 10.2 Å². The Kier molecular flexibility index (Phi) is 3.29. The van der Waals surface area contributed by atoms with Crippen LogP contribution in [0.2, 0.25) is 5.28 Å². The lowest BCUT2D eigenvalue weighted by molar-refractivity contribution is 0.171. The van der Waals surface area contributed by atoms with Gasteiger partial charge in [-0.25, -0.2) is 0 Å². The van der Waals surface area contributed by atoms with Gasteiger partial charge in [-0.3, -0.25) is 0 Å². The Labute approximate surface area is 116 Å². The second-order valence-electron chi connectivity index (χ2n) is 4.40. The average Bonchev–Trinajstić information content (AvgIpc) is 2.76. The number of aryl methyl sites for hydroxylation is 2. The van der Waals surface area contributed by atoms with Crippen molar-refractivity contribution in [3.8, 4) is 11.5 Å². The highest BCUT2D eigenvalue weighted by molar-refractivity contribution is 6.28. The zero-order chi connectivity index (χ0) is 13.2. The fraction of sp³-hybridized carbons (Fsp3) is 0.385. The molecule has 1 aliphatic heterocycles. The van der Waals surface area contributed by atoms with E-state index in [-0.39, 0.29) is 0 Å². The smallest absolute Gasteiger partial charge is 0.225 e. The summed E-state index contributed by atoms with van der Waals surface area (Å²) >= 11 is 5.97. The molecule has 6 heteroatoms. The van der Waals surface area contributed by atoms with Crippen LogP contribution in [0.25, 0.3) is 0 Å². The van der Waals surface area contributed by atoms with Crippen LogP contribution in [0.15, 0.2) is 18.2 Å².